The van der Waals surface area contributed by atoms with Gasteiger partial charge in [-0.05, 0) is 24.6 Å². The minimum Gasteiger partial charge on any atom is -0.399 e. The van der Waals surface area contributed by atoms with Crippen LogP contribution in [0.4, 0.5) is 10.1 Å². The zero-order valence-corrected chi connectivity index (χ0v) is 11.7. The third-order valence-electron chi connectivity index (χ3n) is 3.48. The summed E-state index contributed by atoms with van der Waals surface area (Å²) in [6, 6.07) is 3.96. The van der Waals surface area contributed by atoms with Crippen molar-refractivity contribution in [2.24, 2.45) is 5.73 Å². The third kappa shape index (κ3) is 3.91. The number of carbonyl (C=O) groups is 2. The maximum Gasteiger partial charge on any atom is 0.256 e. The van der Waals surface area contributed by atoms with E-state index in [2.05, 4.69) is 0 Å². The number of carbonyl (C=O) groups excluding carboxylic acids is 2. The van der Waals surface area contributed by atoms with Crippen molar-refractivity contribution in [3.63, 3.8) is 0 Å². The highest BCUT2D eigenvalue weighted by Crippen LogP contribution is 2.16. The second-order valence-corrected chi connectivity index (χ2v) is 5.13. The SMILES string of the molecule is NC(=O)CN1CCCN(C(=O)c2cc(N)ccc2F)CC1. The highest BCUT2D eigenvalue weighted by Gasteiger charge is 2.23. The zero-order valence-electron chi connectivity index (χ0n) is 11.7. The standard InChI is InChI=1S/C14H19FN4O2/c15-12-3-2-10(16)8-11(12)14(21)19-5-1-4-18(6-7-19)9-13(17)20/h2-3,8H,1,4-7,9,16H2,(H2,17,20). The van der Waals surface area contributed by atoms with E-state index in [1.165, 1.54) is 18.2 Å². The Morgan fingerprint density at radius 3 is 2.67 bits per heavy atom. The number of nitrogen functional groups attached to an aromatic ring is 1. The molecule has 0 aliphatic carbocycles. The average molecular weight is 294 g/mol. The number of hydrogen-bond donors (Lipinski definition) is 2. The van der Waals surface area contributed by atoms with Crippen molar-refractivity contribution in [3.8, 4) is 0 Å². The summed E-state index contributed by atoms with van der Waals surface area (Å²) < 4.78 is 13.8. The molecule has 0 radical (unpaired) electrons. The van der Waals surface area contributed by atoms with Crippen molar-refractivity contribution in [2.75, 3.05) is 38.5 Å². The molecule has 0 spiro atoms. The second kappa shape index (κ2) is 6.53. The van der Waals surface area contributed by atoms with E-state index in [1.54, 1.807) is 4.90 Å². The molecule has 6 nitrogen and oxygen atoms in total. The summed E-state index contributed by atoms with van der Waals surface area (Å²) in [4.78, 5) is 26.8. The summed E-state index contributed by atoms with van der Waals surface area (Å²) in [6.45, 7) is 2.35. The molecule has 1 fully saturated rings. The number of amides is 2. The number of primary amides is 1. The molecule has 4 N–H and O–H groups in total. The van der Waals surface area contributed by atoms with Crippen LogP contribution < -0.4 is 11.5 Å². The first-order valence-electron chi connectivity index (χ1n) is 6.82. The molecule has 7 heteroatoms. The molecule has 1 aromatic carbocycles. The summed E-state index contributed by atoms with van der Waals surface area (Å²) in [7, 11) is 0. The van der Waals surface area contributed by atoms with E-state index in [-0.39, 0.29) is 18.0 Å². The van der Waals surface area contributed by atoms with E-state index >= 15 is 0 Å². The molecule has 1 aromatic rings. The van der Waals surface area contributed by atoms with Crippen LogP contribution in [0, 0.1) is 5.82 Å². The van der Waals surface area contributed by atoms with E-state index in [0.29, 0.717) is 38.3 Å². The monoisotopic (exact) mass is 294 g/mol. The Labute approximate surface area is 122 Å². The molecule has 21 heavy (non-hydrogen) atoms. The van der Waals surface area contributed by atoms with Crippen LogP contribution in [-0.2, 0) is 4.79 Å². The van der Waals surface area contributed by atoms with Crippen molar-refractivity contribution < 1.29 is 14.0 Å². The van der Waals surface area contributed by atoms with Crippen molar-refractivity contribution in [1.82, 2.24) is 9.80 Å². The molecule has 1 heterocycles. The Bertz CT molecular complexity index is 550. The van der Waals surface area contributed by atoms with E-state index < -0.39 is 11.7 Å². The molecule has 114 valence electrons. The Balaban J connectivity index is 2.06. The fraction of sp³-hybridized carbons (Fsp3) is 0.429. The summed E-state index contributed by atoms with van der Waals surface area (Å²) in [6.07, 6.45) is 0.711. The summed E-state index contributed by atoms with van der Waals surface area (Å²) in [5.74, 6) is -1.34. The van der Waals surface area contributed by atoms with Crippen molar-refractivity contribution in [3.05, 3.63) is 29.6 Å². The van der Waals surface area contributed by atoms with Crippen LogP contribution in [0.3, 0.4) is 0 Å². The van der Waals surface area contributed by atoms with Crippen LogP contribution in [0.5, 0.6) is 0 Å². The number of anilines is 1. The number of nitrogens with two attached hydrogens (primary N) is 2. The lowest BCUT2D eigenvalue weighted by Gasteiger charge is -2.21. The lowest BCUT2D eigenvalue weighted by Crippen LogP contribution is -2.38. The van der Waals surface area contributed by atoms with E-state index in [4.69, 9.17) is 11.5 Å². The molecule has 0 unspecified atom stereocenters. The van der Waals surface area contributed by atoms with Crippen LogP contribution in [0.15, 0.2) is 18.2 Å². The van der Waals surface area contributed by atoms with E-state index in [0.717, 1.165) is 0 Å². The Morgan fingerprint density at radius 1 is 1.19 bits per heavy atom. The van der Waals surface area contributed by atoms with Crippen molar-refractivity contribution >= 4 is 17.5 Å². The fourth-order valence-corrected chi connectivity index (χ4v) is 2.43. The predicted molar refractivity (Wildman–Crippen MR) is 77.0 cm³/mol. The minimum absolute atomic E-state index is 0.0154. The van der Waals surface area contributed by atoms with Gasteiger partial charge in [-0.1, -0.05) is 0 Å². The maximum absolute atomic E-state index is 13.8. The van der Waals surface area contributed by atoms with Crippen LogP contribution in [-0.4, -0.2) is 54.3 Å². The van der Waals surface area contributed by atoms with Gasteiger partial charge >= 0.3 is 0 Å². The molecule has 0 bridgehead atoms. The van der Waals surface area contributed by atoms with Gasteiger partial charge in [0.2, 0.25) is 5.91 Å². The number of halogens is 1. The topological polar surface area (TPSA) is 92.7 Å². The largest absolute Gasteiger partial charge is 0.399 e. The Hall–Kier alpha value is -2.15. The molecule has 1 saturated heterocycles. The fourth-order valence-electron chi connectivity index (χ4n) is 2.43. The van der Waals surface area contributed by atoms with Gasteiger partial charge in [0, 0.05) is 31.9 Å². The van der Waals surface area contributed by atoms with Gasteiger partial charge in [-0.15, -0.1) is 0 Å². The minimum atomic E-state index is -0.576. The van der Waals surface area contributed by atoms with Crippen LogP contribution >= 0.6 is 0 Å². The van der Waals surface area contributed by atoms with Crippen molar-refractivity contribution in [1.29, 1.82) is 0 Å². The molecule has 2 rings (SSSR count). The predicted octanol–water partition coefficient (Wildman–Crippen LogP) is 0.0411. The second-order valence-electron chi connectivity index (χ2n) is 5.13. The molecule has 1 aliphatic rings. The highest BCUT2D eigenvalue weighted by atomic mass is 19.1. The van der Waals surface area contributed by atoms with Gasteiger partial charge in [0.25, 0.3) is 5.91 Å². The van der Waals surface area contributed by atoms with Crippen LogP contribution in [0.25, 0.3) is 0 Å². The lowest BCUT2D eigenvalue weighted by molar-refractivity contribution is -0.119. The van der Waals surface area contributed by atoms with Gasteiger partial charge in [-0.2, -0.15) is 0 Å². The summed E-state index contributed by atoms with van der Waals surface area (Å²) in [5.41, 5.74) is 11.1. The highest BCUT2D eigenvalue weighted by molar-refractivity contribution is 5.95. The summed E-state index contributed by atoms with van der Waals surface area (Å²) in [5, 5.41) is 0. The van der Waals surface area contributed by atoms with Gasteiger partial charge in [0.15, 0.2) is 0 Å². The molecule has 1 aliphatic heterocycles. The number of nitrogens with zero attached hydrogens (tertiary/aromatic N) is 2. The van der Waals surface area contributed by atoms with Gasteiger partial charge in [0.1, 0.15) is 5.82 Å². The first-order chi connectivity index (χ1) is 9.97. The third-order valence-corrected chi connectivity index (χ3v) is 3.48. The molecular formula is C14H19FN4O2. The van der Waals surface area contributed by atoms with Crippen LogP contribution in [0.2, 0.25) is 0 Å². The summed E-state index contributed by atoms with van der Waals surface area (Å²) >= 11 is 0. The van der Waals surface area contributed by atoms with Gasteiger partial charge < -0.3 is 16.4 Å². The quantitative estimate of drug-likeness (QED) is 0.770. The average Bonchev–Trinajstić information content (AvgIpc) is 2.66. The number of hydrogen-bond acceptors (Lipinski definition) is 4. The first kappa shape index (κ1) is 15.2. The lowest BCUT2D eigenvalue weighted by atomic mass is 10.1. The maximum atomic E-state index is 13.8. The van der Waals surface area contributed by atoms with Gasteiger partial charge in [-0.25, -0.2) is 4.39 Å². The molecule has 0 saturated carbocycles. The van der Waals surface area contributed by atoms with Gasteiger partial charge in [0.05, 0.1) is 12.1 Å². The smallest absolute Gasteiger partial charge is 0.256 e. The normalized spacial score (nSPS) is 16.5. The van der Waals surface area contributed by atoms with Crippen molar-refractivity contribution in [2.45, 2.75) is 6.42 Å². The number of rotatable bonds is 3. The molecule has 2 amide bonds. The molecular weight excluding hydrogens is 275 g/mol. The Morgan fingerprint density at radius 2 is 1.95 bits per heavy atom. The Kier molecular flexibility index (Phi) is 4.74. The van der Waals surface area contributed by atoms with Crippen LogP contribution in [0.1, 0.15) is 16.8 Å². The van der Waals surface area contributed by atoms with E-state index in [1.807, 2.05) is 4.90 Å². The first-order valence-corrected chi connectivity index (χ1v) is 6.82. The molecule has 0 aromatic heterocycles. The number of benzene rings is 1. The van der Waals surface area contributed by atoms with E-state index in [9.17, 15) is 14.0 Å². The van der Waals surface area contributed by atoms with Gasteiger partial charge in [-0.3, -0.25) is 14.5 Å². The zero-order chi connectivity index (χ0) is 15.4. The molecule has 0 atom stereocenters.